The topological polar surface area (TPSA) is 61.0 Å². The van der Waals surface area contributed by atoms with Crippen molar-refractivity contribution in [3.63, 3.8) is 0 Å². The Balaban J connectivity index is 2.13. The molecule has 0 saturated carbocycles. The maximum atomic E-state index is 5.83. The third-order valence-electron chi connectivity index (χ3n) is 4.20. The predicted octanol–water partition coefficient (Wildman–Crippen LogP) is 4.83. The zero-order chi connectivity index (χ0) is 17.8. The first kappa shape index (κ1) is 17.4. The van der Waals surface area contributed by atoms with Crippen molar-refractivity contribution in [2.24, 2.45) is 5.92 Å². The number of ether oxygens (including phenoxy) is 1. The van der Waals surface area contributed by atoms with Gasteiger partial charge < -0.3 is 9.15 Å². The fourth-order valence-corrected chi connectivity index (χ4v) is 2.89. The molecule has 2 aromatic heterocycles. The van der Waals surface area contributed by atoms with Crippen LogP contribution in [-0.2, 0) is 12.8 Å². The molecule has 0 atom stereocenters. The first-order chi connectivity index (χ1) is 12.1. The first-order valence-electron chi connectivity index (χ1n) is 8.97. The molecule has 3 rings (SSSR count). The van der Waals surface area contributed by atoms with E-state index in [1.165, 1.54) is 6.39 Å². The lowest BCUT2D eigenvalue weighted by Gasteiger charge is -2.13. The minimum atomic E-state index is 0.582. The van der Waals surface area contributed by atoms with Gasteiger partial charge in [0.2, 0.25) is 0 Å². The molecule has 0 aliphatic rings. The van der Waals surface area contributed by atoms with E-state index in [4.69, 9.17) is 19.1 Å². The van der Waals surface area contributed by atoms with E-state index in [0.717, 1.165) is 53.0 Å². The first-order valence-corrected chi connectivity index (χ1v) is 8.97. The van der Waals surface area contributed by atoms with E-state index in [0.29, 0.717) is 18.3 Å². The lowest BCUT2D eigenvalue weighted by atomic mass is 10.0. The van der Waals surface area contributed by atoms with E-state index in [9.17, 15) is 0 Å². The van der Waals surface area contributed by atoms with Crippen molar-refractivity contribution in [1.82, 2.24) is 15.0 Å². The van der Waals surface area contributed by atoms with Gasteiger partial charge in [0.05, 0.1) is 29.6 Å². The van der Waals surface area contributed by atoms with Crippen LogP contribution in [0.25, 0.3) is 22.2 Å². The van der Waals surface area contributed by atoms with Gasteiger partial charge >= 0.3 is 0 Å². The second kappa shape index (κ2) is 7.64. The number of hydrogen-bond donors (Lipinski definition) is 0. The summed E-state index contributed by atoms with van der Waals surface area (Å²) in [5, 5.41) is 1.05. The monoisotopic (exact) mass is 339 g/mol. The Hall–Kier alpha value is -2.43. The molecule has 0 saturated heterocycles. The number of oxazole rings is 1. The van der Waals surface area contributed by atoms with Gasteiger partial charge in [0.1, 0.15) is 11.6 Å². The van der Waals surface area contributed by atoms with Crippen LogP contribution in [0.2, 0.25) is 0 Å². The Morgan fingerprint density at radius 2 is 2.00 bits per heavy atom. The maximum Gasteiger partial charge on any atom is 0.181 e. The number of aryl methyl sites for hydroxylation is 2. The quantitative estimate of drug-likeness (QED) is 0.617. The number of hydrogen-bond acceptors (Lipinski definition) is 5. The van der Waals surface area contributed by atoms with Crippen LogP contribution in [0.15, 0.2) is 29.1 Å². The van der Waals surface area contributed by atoms with E-state index >= 15 is 0 Å². The van der Waals surface area contributed by atoms with E-state index in [-0.39, 0.29) is 0 Å². The Morgan fingerprint density at radius 3 is 2.64 bits per heavy atom. The normalized spacial score (nSPS) is 11.4. The van der Waals surface area contributed by atoms with Crippen molar-refractivity contribution >= 4 is 10.9 Å². The van der Waals surface area contributed by atoms with Crippen LogP contribution >= 0.6 is 0 Å². The summed E-state index contributed by atoms with van der Waals surface area (Å²) in [5.74, 6) is 3.00. The maximum absolute atomic E-state index is 5.83. The van der Waals surface area contributed by atoms with Gasteiger partial charge in [-0.1, -0.05) is 20.8 Å². The number of aromatic nitrogens is 3. The van der Waals surface area contributed by atoms with Crippen LogP contribution in [-0.4, -0.2) is 21.6 Å². The molecule has 132 valence electrons. The summed E-state index contributed by atoms with van der Waals surface area (Å²) in [4.78, 5) is 13.6. The number of rotatable bonds is 7. The smallest absolute Gasteiger partial charge is 0.181 e. The van der Waals surface area contributed by atoms with Crippen molar-refractivity contribution in [3.8, 4) is 17.1 Å². The van der Waals surface area contributed by atoms with Gasteiger partial charge in [0.15, 0.2) is 12.2 Å². The third kappa shape index (κ3) is 3.81. The van der Waals surface area contributed by atoms with Gasteiger partial charge in [-0.05, 0) is 31.7 Å². The van der Waals surface area contributed by atoms with Crippen LogP contribution in [0.4, 0.5) is 0 Å². The number of fused-ring (bicyclic) bond motifs is 1. The molecule has 1 aromatic carbocycles. The number of benzene rings is 1. The molecule has 0 spiro atoms. The standard InChI is InChI=1S/C20H25N3O2/c1-5-16-14-9-15(19-11-21-12-25-19)18(24-6-2)10-17(14)23-20(22-16)8-7-13(3)4/h9-13H,5-8H2,1-4H3. The lowest BCUT2D eigenvalue weighted by Crippen LogP contribution is -2.04. The highest BCUT2D eigenvalue weighted by molar-refractivity contribution is 5.88. The average molecular weight is 339 g/mol. The van der Waals surface area contributed by atoms with Crippen LogP contribution in [0.1, 0.15) is 45.6 Å². The second-order valence-electron chi connectivity index (χ2n) is 6.54. The Labute approximate surface area is 148 Å². The minimum absolute atomic E-state index is 0.582. The third-order valence-corrected chi connectivity index (χ3v) is 4.20. The molecule has 0 aliphatic heterocycles. The molecule has 0 radical (unpaired) electrons. The second-order valence-corrected chi connectivity index (χ2v) is 6.54. The molecule has 0 amide bonds. The van der Waals surface area contributed by atoms with Gasteiger partial charge in [0, 0.05) is 17.9 Å². The van der Waals surface area contributed by atoms with Crippen LogP contribution < -0.4 is 4.74 Å². The van der Waals surface area contributed by atoms with E-state index in [1.807, 2.05) is 13.0 Å². The van der Waals surface area contributed by atoms with Crippen LogP contribution in [0.3, 0.4) is 0 Å². The van der Waals surface area contributed by atoms with Crippen molar-refractivity contribution in [2.45, 2.75) is 47.0 Å². The summed E-state index contributed by atoms with van der Waals surface area (Å²) < 4.78 is 11.3. The molecule has 3 aromatic rings. The summed E-state index contributed by atoms with van der Waals surface area (Å²) in [6, 6.07) is 4.06. The molecule has 0 aliphatic carbocycles. The summed E-state index contributed by atoms with van der Waals surface area (Å²) in [5.41, 5.74) is 2.88. The zero-order valence-corrected chi connectivity index (χ0v) is 15.4. The lowest BCUT2D eigenvalue weighted by molar-refractivity contribution is 0.341. The van der Waals surface area contributed by atoms with Crippen molar-refractivity contribution in [1.29, 1.82) is 0 Å². The molecule has 0 bridgehead atoms. The van der Waals surface area contributed by atoms with E-state index < -0.39 is 0 Å². The SMILES string of the molecule is CCOc1cc2nc(CCC(C)C)nc(CC)c2cc1-c1cnco1. The highest BCUT2D eigenvalue weighted by Gasteiger charge is 2.15. The fourth-order valence-electron chi connectivity index (χ4n) is 2.89. The van der Waals surface area contributed by atoms with Gasteiger partial charge in [-0.15, -0.1) is 0 Å². The molecular weight excluding hydrogens is 314 g/mol. The fraction of sp³-hybridized carbons (Fsp3) is 0.450. The minimum Gasteiger partial charge on any atom is -0.493 e. The molecule has 0 unspecified atom stereocenters. The molecule has 5 nitrogen and oxygen atoms in total. The molecule has 2 heterocycles. The molecular formula is C20H25N3O2. The van der Waals surface area contributed by atoms with Gasteiger partial charge in [-0.25, -0.2) is 15.0 Å². The molecule has 0 N–H and O–H groups in total. The van der Waals surface area contributed by atoms with E-state index in [1.54, 1.807) is 6.20 Å². The molecule has 25 heavy (non-hydrogen) atoms. The van der Waals surface area contributed by atoms with Crippen molar-refractivity contribution in [2.75, 3.05) is 6.61 Å². The largest absolute Gasteiger partial charge is 0.493 e. The van der Waals surface area contributed by atoms with Crippen molar-refractivity contribution < 1.29 is 9.15 Å². The van der Waals surface area contributed by atoms with Crippen molar-refractivity contribution in [3.05, 3.63) is 36.2 Å². The summed E-state index contributed by atoms with van der Waals surface area (Å²) >= 11 is 0. The van der Waals surface area contributed by atoms with Crippen LogP contribution in [0, 0.1) is 5.92 Å². The highest BCUT2D eigenvalue weighted by atomic mass is 16.5. The highest BCUT2D eigenvalue weighted by Crippen LogP contribution is 2.34. The van der Waals surface area contributed by atoms with Gasteiger partial charge in [-0.3, -0.25) is 0 Å². The summed E-state index contributed by atoms with van der Waals surface area (Å²) in [6.07, 6.45) is 5.98. The Morgan fingerprint density at radius 1 is 1.16 bits per heavy atom. The van der Waals surface area contributed by atoms with Gasteiger partial charge in [0.25, 0.3) is 0 Å². The molecule has 5 heteroatoms. The summed E-state index contributed by atoms with van der Waals surface area (Å²) in [6.45, 7) is 9.12. The Kier molecular flexibility index (Phi) is 5.31. The Bertz CT molecular complexity index is 842. The van der Waals surface area contributed by atoms with E-state index in [2.05, 4.69) is 31.8 Å². The van der Waals surface area contributed by atoms with Gasteiger partial charge in [-0.2, -0.15) is 0 Å². The zero-order valence-electron chi connectivity index (χ0n) is 15.4. The molecule has 0 fully saturated rings. The van der Waals surface area contributed by atoms with Crippen LogP contribution in [0.5, 0.6) is 5.75 Å². The number of nitrogens with zero attached hydrogens (tertiary/aromatic N) is 3. The average Bonchev–Trinajstić information content (AvgIpc) is 3.13. The predicted molar refractivity (Wildman–Crippen MR) is 98.7 cm³/mol. The summed E-state index contributed by atoms with van der Waals surface area (Å²) in [7, 11) is 0.